The number of aliphatic carboxylic acids is 1. The number of nitrogens with zero attached hydrogens (tertiary/aromatic N) is 2. The molecule has 0 atom stereocenters. The molecule has 2 aliphatic heterocycles. The number of carboxylic acid groups (broad SMARTS) is 1. The highest BCUT2D eigenvalue weighted by Crippen LogP contribution is 2.21. The monoisotopic (exact) mass is 564 g/mol. The van der Waals surface area contributed by atoms with E-state index in [0.717, 1.165) is 19.1 Å². The summed E-state index contributed by atoms with van der Waals surface area (Å²) in [6, 6.07) is 0. The Morgan fingerprint density at radius 2 is 1.23 bits per heavy atom. The van der Waals surface area contributed by atoms with Crippen LogP contribution in [0.2, 0.25) is 0 Å². The van der Waals surface area contributed by atoms with Crippen LogP contribution in [0, 0.1) is 5.41 Å². The van der Waals surface area contributed by atoms with E-state index < -0.39 is 73.3 Å². The third kappa shape index (κ3) is 5.64. The quantitative estimate of drug-likeness (QED) is 0.283. The molecule has 4 amide bonds. The molecule has 14 heteroatoms. The highest BCUT2D eigenvalue weighted by atomic mass is 79.9. The van der Waals surface area contributed by atoms with Crippen LogP contribution < -0.4 is 0 Å². The van der Waals surface area contributed by atoms with E-state index in [-0.39, 0.29) is 8.96 Å². The van der Waals surface area contributed by atoms with E-state index in [0.29, 0.717) is 9.80 Å². The summed E-state index contributed by atoms with van der Waals surface area (Å²) < 4.78 is 9.62. The number of esters is 2. The molecule has 0 aromatic heterocycles. The van der Waals surface area contributed by atoms with Crippen LogP contribution in [0.5, 0.6) is 0 Å². The van der Waals surface area contributed by atoms with Gasteiger partial charge in [-0.1, -0.05) is 0 Å². The van der Waals surface area contributed by atoms with E-state index in [2.05, 4.69) is 31.9 Å². The molecular weight excluding hydrogens is 552 g/mol. The van der Waals surface area contributed by atoms with Gasteiger partial charge < -0.3 is 14.6 Å². The number of carboxylic acids is 1. The summed E-state index contributed by atoms with van der Waals surface area (Å²) in [5, 5.41) is 9.42. The van der Waals surface area contributed by atoms with Gasteiger partial charge in [0.15, 0.2) is 0 Å². The lowest BCUT2D eigenvalue weighted by molar-refractivity contribution is -0.168. The van der Waals surface area contributed by atoms with Crippen LogP contribution in [-0.4, -0.2) is 82.7 Å². The van der Waals surface area contributed by atoms with Crippen molar-refractivity contribution < 1.29 is 48.1 Å². The molecule has 0 saturated heterocycles. The first-order valence-corrected chi connectivity index (χ1v) is 9.95. The summed E-state index contributed by atoms with van der Waals surface area (Å²) in [4.78, 5) is 83.3. The topological polar surface area (TPSA) is 165 Å². The molecule has 0 radical (unpaired) electrons. The predicted molar refractivity (Wildman–Crippen MR) is 105 cm³/mol. The van der Waals surface area contributed by atoms with Gasteiger partial charge in [0.1, 0.15) is 31.7 Å². The van der Waals surface area contributed by atoms with Gasteiger partial charge in [-0.15, -0.1) is 0 Å². The van der Waals surface area contributed by atoms with Gasteiger partial charge in [0, 0.05) is 12.2 Å². The van der Waals surface area contributed by atoms with E-state index in [1.165, 1.54) is 0 Å². The van der Waals surface area contributed by atoms with Gasteiger partial charge in [-0.2, -0.15) is 0 Å². The van der Waals surface area contributed by atoms with Gasteiger partial charge in [0.2, 0.25) is 0 Å². The number of hydrogen-bond acceptors (Lipinski definition) is 9. The number of rotatable bonds is 9. The average molecular weight is 566 g/mol. The highest BCUT2D eigenvalue weighted by Gasteiger charge is 2.39. The second-order valence-corrected chi connectivity index (χ2v) is 8.34. The van der Waals surface area contributed by atoms with Crippen molar-refractivity contribution in [1.82, 2.24) is 9.80 Å². The van der Waals surface area contributed by atoms with Crippen LogP contribution in [0.1, 0.15) is 6.92 Å². The van der Waals surface area contributed by atoms with Crippen LogP contribution in [-0.2, 0) is 43.0 Å². The number of imide groups is 2. The number of amides is 4. The van der Waals surface area contributed by atoms with Crippen molar-refractivity contribution in [3.63, 3.8) is 0 Å². The first-order chi connectivity index (χ1) is 14.4. The smallest absolute Gasteiger partial charge is 0.326 e. The molecular formula is C17H14Br2N2O10. The maximum absolute atomic E-state index is 11.9. The summed E-state index contributed by atoms with van der Waals surface area (Å²) in [7, 11) is 0. The van der Waals surface area contributed by atoms with Crippen molar-refractivity contribution in [3.05, 3.63) is 21.1 Å². The van der Waals surface area contributed by atoms with Gasteiger partial charge in [-0.05, 0) is 38.8 Å². The molecule has 166 valence electrons. The minimum atomic E-state index is -1.87. The van der Waals surface area contributed by atoms with Crippen LogP contribution in [0.3, 0.4) is 0 Å². The third-order valence-electron chi connectivity index (χ3n) is 4.13. The molecule has 0 spiro atoms. The molecule has 1 N–H and O–H groups in total. The summed E-state index contributed by atoms with van der Waals surface area (Å²) >= 11 is 5.72. The minimum absolute atomic E-state index is 0.0372. The van der Waals surface area contributed by atoms with Crippen LogP contribution in [0.15, 0.2) is 21.1 Å². The Balaban J connectivity index is 1.88. The molecule has 12 nitrogen and oxygen atoms in total. The molecule has 2 aliphatic rings. The largest absolute Gasteiger partial charge is 0.481 e. The second-order valence-electron chi connectivity index (χ2n) is 6.63. The zero-order chi connectivity index (χ0) is 23.5. The standard InChI is InChI=1S/C17H14Br2N2O10/c1-17(16(28)29,6-30-12(24)4-20-10(22)2-8(18)14(20)26)7-31-13(25)5-21-11(23)3-9(19)15(21)27/h2-3H,4-7H2,1H3,(H,28,29). The van der Waals surface area contributed by atoms with Gasteiger partial charge in [-0.3, -0.25) is 43.4 Å². The van der Waals surface area contributed by atoms with Gasteiger partial charge in [0.05, 0.1) is 8.96 Å². The number of carbonyl (C=O) groups excluding carboxylic acids is 6. The average Bonchev–Trinajstić information content (AvgIpc) is 3.07. The molecule has 0 aliphatic carbocycles. The molecule has 0 unspecified atom stereocenters. The van der Waals surface area contributed by atoms with Crippen LogP contribution in [0.4, 0.5) is 0 Å². The van der Waals surface area contributed by atoms with Crippen molar-refractivity contribution in [2.24, 2.45) is 5.41 Å². The zero-order valence-corrected chi connectivity index (χ0v) is 18.9. The summed E-state index contributed by atoms with van der Waals surface area (Å²) in [6.07, 6.45) is 1.95. The zero-order valence-electron chi connectivity index (χ0n) is 15.8. The fourth-order valence-corrected chi connectivity index (χ4v) is 3.07. The molecule has 0 bridgehead atoms. The first kappa shape index (κ1) is 24.4. The Morgan fingerprint density at radius 1 is 0.871 bits per heavy atom. The predicted octanol–water partition coefficient (Wildman–Crippen LogP) is -0.541. The maximum atomic E-state index is 11.9. The Hall–Kier alpha value is -2.87. The maximum Gasteiger partial charge on any atom is 0.326 e. The van der Waals surface area contributed by atoms with E-state index in [1.54, 1.807) is 0 Å². The lowest BCUT2D eigenvalue weighted by Gasteiger charge is -2.25. The van der Waals surface area contributed by atoms with Crippen molar-refractivity contribution in [2.45, 2.75) is 6.92 Å². The van der Waals surface area contributed by atoms with Crippen molar-refractivity contribution in [2.75, 3.05) is 26.3 Å². The third-order valence-corrected chi connectivity index (χ3v) is 5.26. The normalized spacial score (nSPS) is 16.5. The Morgan fingerprint density at radius 3 is 1.48 bits per heavy atom. The Labute approximate surface area is 191 Å². The van der Waals surface area contributed by atoms with Gasteiger partial charge in [-0.25, -0.2) is 0 Å². The molecule has 31 heavy (non-hydrogen) atoms. The molecule has 2 rings (SSSR count). The van der Waals surface area contributed by atoms with Crippen molar-refractivity contribution in [3.8, 4) is 0 Å². The van der Waals surface area contributed by atoms with E-state index in [4.69, 9.17) is 9.47 Å². The SMILES string of the molecule is CC(COC(=O)CN1C(=O)C=C(Br)C1=O)(COC(=O)CN1C(=O)C=C(Br)C1=O)C(=O)O. The molecule has 0 aromatic rings. The number of hydrogen-bond donors (Lipinski definition) is 1. The summed E-state index contributed by atoms with van der Waals surface area (Å²) in [6.45, 7) is -1.83. The first-order valence-electron chi connectivity index (χ1n) is 8.36. The van der Waals surface area contributed by atoms with Gasteiger partial charge >= 0.3 is 17.9 Å². The molecule has 0 saturated carbocycles. The summed E-state index contributed by atoms with van der Waals surface area (Å²) in [5.74, 6) is -6.55. The van der Waals surface area contributed by atoms with E-state index in [1.807, 2.05) is 0 Å². The van der Waals surface area contributed by atoms with Gasteiger partial charge in [0.25, 0.3) is 23.6 Å². The van der Waals surface area contributed by atoms with Crippen molar-refractivity contribution >= 4 is 73.4 Å². The molecule has 0 aromatic carbocycles. The molecule has 2 heterocycles. The number of halogens is 2. The second kappa shape index (κ2) is 9.51. The van der Waals surface area contributed by atoms with Crippen LogP contribution >= 0.6 is 31.9 Å². The lowest BCUT2D eigenvalue weighted by atomic mass is 9.93. The Kier molecular flexibility index (Phi) is 7.49. The number of ether oxygens (including phenoxy) is 2. The lowest BCUT2D eigenvalue weighted by Crippen LogP contribution is -2.42. The molecule has 0 fully saturated rings. The minimum Gasteiger partial charge on any atom is -0.481 e. The van der Waals surface area contributed by atoms with Crippen molar-refractivity contribution in [1.29, 1.82) is 0 Å². The fraction of sp³-hybridized carbons (Fsp3) is 0.353. The Bertz CT molecular complexity index is 889. The highest BCUT2D eigenvalue weighted by molar-refractivity contribution is 9.12. The fourth-order valence-electron chi connectivity index (χ4n) is 2.25. The summed E-state index contributed by atoms with van der Waals surface area (Å²) in [5.41, 5.74) is -1.87. The van der Waals surface area contributed by atoms with E-state index in [9.17, 15) is 38.7 Å². The van der Waals surface area contributed by atoms with Crippen LogP contribution in [0.25, 0.3) is 0 Å². The van der Waals surface area contributed by atoms with E-state index >= 15 is 0 Å². The number of carbonyl (C=O) groups is 7.